The Morgan fingerprint density at radius 3 is 2.71 bits per heavy atom. The van der Waals surface area contributed by atoms with Crippen LogP contribution in [0.1, 0.15) is 33.8 Å². The molecule has 1 aromatic heterocycles. The van der Waals surface area contributed by atoms with Crippen molar-refractivity contribution in [3.63, 3.8) is 0 Å². The second-order valence-corrected chi connectivity index (χ2v) is 5.36. The first-order chi connectivity index (χ1) is 8.11. The maximum Gasteiger partial charge on any atom is 0.128 e. The minimum atomic E-state index is -0.361. The second-order valence-electron chi connectivity index (χ2n) is 4.16. The highest BCUT2D eigenvalue weighted by Gasteiger charge is 2.15. The second kappa shape index (κ2) is 4.98. The van der Waals surface area contributed by atoms with E-state index in [4.69, 9.17) is 5.73 Å². The molecule has 2 aromatic rings. The van der Waals surface area contributed by atoms with Gasteiger partial charge in [0.05, 0.1) is 6.04 Å². The summed E-state index contributed by atoms with van der Waals surface area (Å²) >= 11 is 1.66. The Morgan fingerprint density at radius 2 is 2.06 bits per heavy atom. The first-order valence-corrected chi connectivity index (χ1v) is 6.53. The summed E-state index contributed by atoms with van der Waals surface area (Å²) in [5.74, 6) is -0.227. The van der Waals surface area contributed by atoms with E-state index in [0.717, 1.165) is 16.9 Å². The van der Waals surface area contributed by atoms with Gasteiger partial charge in [-0.1, -0.05) is 24.6 Å². The third-order valence-corrected chi connectivity index (χ3v) is 4.14. The number of hydrogen-bond acceptors (Lipinski definition) is 2. The minimum Gasteiger partial charge on any atom is -0.320 e. The number of rotatable bonds is 3. The number of benzene rings is 1. The molecule has 0 radical (unpaired) electrons. The van der Waals surface area contributed by atoms with Crippen molar-refractivity contribution in [2.24, 2.45) is 5.73 Å². The fourth-order valence-corrected chi connectivity index (χ4v) is 2.78. The van der Waals surface area contributed by atoms with Crippen LogP contribution in [0.15, 0.2) is 30.3 Å². The minimum absolute atomic E-state index is 0.227. The number of hydrogen-bond donors (Lipinski definition) is 1. The molecule has 1 atom stereocenters. The molecule has 90 valence electrons. The van der Waals surface area contributed by atoms with Crippen molar-refractivity contribution in [1.82, 2.24) is 0 Å². The molecule has 0 aliphatic rings. The predicted molar refractivity (Wildman–Crippen MR) is 70.9 cm³/mol. The van der Waals surface area contributed by atoms with Crippen molar-refractivity contribution in [2.45, 2.75) is 26.3 Å². The summed E-state index contributed by atoms with van der Waals surface area (Å²) in [6, 6.07) is 8.77. The SMILES string of the molecule is CCc1ccc(C(N)c2cc(C)ccc2F)s1. The van der Waals surface area contributed by atoms with Crippen LogP contribution in [0, 0.1) is 12.7 Å². The third kappa shape index (κ3) is 2.56. The third-order valence-electron chi connectivity index (χ3n) is 2.82. The van der Waals surface area contributed by atoms with E-state index in [0.29, 0.717) is 5.56 Å². The van der Waals surface area contributed by atoms with Gasteiger partial charge in [0.25, 0.3) is 0 Å². The summed E-state index contributed by atoms with van der Waals surface area (Å²) in [7, 11) is 0. The maximum absolute atomic E-state index is 13.7. The fraction of sp³-hybridized carbons (Fsp3) is 0.286. The van der Waals surface area contributed by atoms with Gasteiger partial charge < -0.3 is 5.73 Å². The fourth-order valence-electron chi connectivity index (χ4n) is 1.81. The topological polar surface area (TPSA) is 26.0 Å². The average Bonchev–Trinajstić information content (AvgIpc) is 2.80. The van der Waals surface area contributed by atoms with Crippen molar-refractivity contribution in [1.29, 1.82) is 0 Å². The summed E-state index contributed by atoms with van der Waals surface area (Å²) in [6.07, 6.45) is 0.994. The van der Waals surface area contributed by atoms with Crippen LogP contribution in [0.5, 0.6) is 0 Å². The molecule has 0 spiro atoms. The molecule has 1 heterocycles. The first-order valence-electron chi connectivity index (χ1n) is 5.72. The Kier molecular flexibility index (Phi) is 3.60. The summed E-state index contributed by atoms with van der Waals surface area (Å²) in [5.41, 5.74) is 7.73. The number of halogens is 1. The van der Waals surface area contributed by atoms with Gasteiger partial charge in [-0.3, -0.25) is 0 Å². The zero-order valence-corrected chi connectivity index (χ0v) is 10.9. The zero-order valence-electron chi connectivity index (χ0n) is 10.0. The highest BCUT2D eigenvalue weighted by Crippen LogP contribution is 2.28. The summed E-state index contributed by atoms with van der Waals surface area (Å²) in [5, 5.41) is 0. The summed E-state index contributed by atoms with van der Waals surface area (Å²) in [6.45, 7) is 4.05. The van der Waals surface area contributed by atoms with Gasteiger partial charge in [-0.15, -0.1) is 11.3 Å². The first kappa shape index (κ1) is 12.3. The van der Waals surface area contributed by atoms with Crippen LogP contribution in [-0.2, 0) is 6.42 Å². The largest absolute Gasteiger partial charge is 0.320 e. The lowest BCUT2D eigenvalue weighted by Crippen LogP contribution is -2.12. The lowest BCUT2D eigenvalue weighted by molar-refractivity contribution is 0.600. The van der Waals surface area contributed by atoms with E-state index in [-0.39, 0.29) is 11.9 Å². The lowest BCUT2D eigenvalue weighted by atomic mass is 10.0. The molecule has 0 saturated carbocycles. The number of aryl methyl sites for hydroxylation is 2. The predicted octanol–water partition coefficient (Wildman–Crippen LogP) is 3.81. The Balaban J connectivity index is 2.35. The van der Waals surface area contributed by atoms with Gasteiger partial charge in [-0.2, -0.15) is 0 Å². The average molecular weight is 249 g/mol. The normalized spacial score (nSPS) is 12.7. The molecule has 1 aromatic carbocycles. The lowest BCUT2D eigenvalue weighted by Gasteiger charge is -2.12. The Hall–Kier alpha value is -1.19. The van der Waals surface area contributed by atoms with E-state index in [1.807, 2.05) is 19.1 Å². The van der Waals surface area contributed by atoms with E-state index >= 15 is 0 Å². The van der Waals surface area contributed by atoms with Gasteiger partial charge in [0.1, 0.15) is 5.82 Å². The number of thiophene rings is 1. The molecular formula is C14H16FNS. The smallest absolute Gasteiger partial charge is 0.128 e. The molecule has 0 amide bonds. The van der Waals surface area contributed by atoms with Crippen molar-refractivity contribution < 1.29 is 4.39 Å². The van der Waals surface area contributed by atoms with Gasteiger partial charge in [0.15, 0.2) is 0 Å². The van der Waals surface area contributed by atoms with Crippen LogP contribution >= 0.6 is 11.3 Å². The molecule has 17 heavy (non-hydrogen) atoms. The quantitative estimate of drug-likeness (QED) is 0.879. The van der Waals surface area contributed by atoms with Gasteiger partial charge in [-0.05, 0) is 31.5 Å². The molecular weight excluding hydrogens is 233 g/mol. The molecule has 0 aliphatic heterocycles. The highest BCUT2D eigenvalue weighted by molar-refractivity contribution is 7.12. The van der Waals surface area contributed by atoms with Crippen LogP contribution in [0.3, 0.4) is 0 Å². The monoisotopic (exact) mass is 249 g/mol. The van der Waals surface area contributed by atoms with E-state index in [9.17, 15) is 4.39 Å². The Labute approximate surface area is 105 Å². The van der Waals surface area contributed by atoms with Crippen LogP contribution in [0.25, 0.3) is 0 Å². The van der Waals surface area contributed by atoms with Crippen LogP contribution in [0.4, 0.5) is 4.39 Å². The number of nitrogens with two attached hydrogens (primary N) is 1. The molecule has 2 N–H and O–H groups in total. The van der Waals surface area contributed by atoms with Crippen molar-refractivity contribution in [3.05, 3.63) is 57.0 Å². The molecule has 0 fully saturated rings. The van der Waals surface area contributed by atoms with Crippen molar-refractivity contribution >= 4 is 11.3 Å². The molecule has 0 saturated heterocycles. The molecule has 2 rings (SSSR count). The van der Waals surface area contributed by atoms with Gasteiger partial charge in [-0.25, -0.2) is 4.39 Å². The molecule has 1 unspecified atom stereocenters. The van der Waals surface area contributed by atoms with Crippen LogP contribution in [0.2, 0.25) is 0 Å². The highest BCUT2D eigenvalue weighted by atomic mass is 32.1. The molecule has 3 heteroatoms. The summed E-state index contributed by atoms with van der Waals surface area (Å²) < 4.78 is 13.7. The van der Waals surface area contributed by atoms with E-state index in [1.54, 1.807) is 17.4 Å². The van der Waals surface area contributed by atoms with Gasteiger partial charge >= 0.3 is 0 Å². The van der Waals surface area contributed by atoms with E-state index in [2.05, 4.69) is 13.0 Å². The Morgan fingerprint density at radius 1 is 1.29 bits per heavy atom. The van der Waals surface area contributed by atoms with Gasteiger partial charge in [0.2, 0.25) is 0 Å². The van der Waals surface area contributed by atoms with Crippen LogP contribution < -0.4 is 5.73 Å². The Bertz CT molecular complexity index is 519. The molecule has 1 nitrogen and oxygen atoms in total. The van der Waals surface area contributed by atoms with E-state index in [1.165, 1.54) is 10.9 Å². The van der Waals surface area contributed by atoms with Crippen molar-refractivity contribution in [3.8, 4) is 0 Å². The zero-order chi connectivity index (χ0) is 12.4. The van der Waals surface area contributed by atoms with E-state index < -0.39 is 0 Å². The molecule has 0 bridgehead atoms. The summed E-state index contributed by atoms with van der Waals surface area (Å²) in [4.78, 5) is 2.30. The maximum atomic E-state index is 13.7. The van der Waals surface area contributed by atoms with Gasteiger partial charge in [0, 0.05) is 15.3 Å². The molecule has 0 aliphatic carbocycles. The van der Waals surface area contributed by atoms with Crippen molar-refractivity contribution in [2.75, 3.05) is 0 Å². The standard InChI is InChI=1S/C14H16FNS/c1-3-10-5-7-13(17-10)14(16)11-8-9(2)4-6-12(11)15/h4-8,14H,3,16H2,1-2H3. The van der Waals surface area contributed by atoms with Crippen LogP contribution in [-0.4, -0.2) is 0 Å².